The summed E-state index contributed by atoms with van der Waals surface area (Å²) in [6.45, 7) is 5.76. The van der Waals surface area contributed by atoms with Crippen LogP contribution in [0.15, 0.2) is 42.9 Å². The van der Waals surface area contributed by atoms with Crippen LogP contribution in [-0.4, -0.2) is 43.7 Å². The van der Waals surface area contributed by atoms with Gasteiger partial charge in [0.05, 0.1) is 5.02 Å². The Kier molecular flexibility index (Phi) is 5.38. The number of aryl methyl sites for hydroxylation is 2. The van der Waals surface area contributed by atoms with Crippen molar-refractivity contribution in [3.05, 3.63) is 65.0 Å². The van der Waals surface area contributed by atoms with E-state index < -0.39 is 0 Å². The molecule has 4 heterocycles. The van der Waals surface area contributed by atoms with Gasteiger partial charge >= 0.3 is 0 Å². The lowest BCUT2D eigenvalue weighted by atomic mass is 10.1. The molecule has 0 amide bonds. The van der Waals surface area contributed by atoms with E-state index in [1.54, 1.807) is 16.9 Å². The molecule has 1 fully saturated rings. The van der Waals surface area contributed by atoms with Crippen molar-refractivity contribution in [2.45, 2.75) is 32.7 Å². The smallest absolute Gasteiger partial charge is 0.243 e. The third-order valence-electron chi connectivity index (χ3n) is 5.73. The quantitative estimate of drug-likeness (QED) is 0.486. The summed E-state index contributed by atoms with van der Waals surface area (Å²) in [4.78, 5) is 15.6. The predicted octanol–water partition coefficient (Wildman–Crippen LogP) is 4.68. The van der Waals surface area contributed by atoms with E-state index in [1.807, 2.05) is 32.2 Å². The van der Waals surface area contributed by atoms with Crippen LogP contribution in [0.5, 0.6) is 0 Å². The Morgan fingerprint density at radius 1 is 1.06 bits per heavy atom. The number of halogens is 2. The molecule has 9 heteroatoms. The first-order valence-corrected chi connectivity index (χ1v) is 11.0. The summed E-state index contributed by atoms with van der Waals surface area (Å²) in [6.07, 6.45) is 5.44. The summed E-state index contributed by atoms with van der Waals surface area (Å²) in [6, 6.07) is 8.68. The van der Waals surface area contributed by atoms with Gasteiger partial charge in [0, 0.05) is 48.2 Å². The van der Waals surface area contributed by atoms with Crippen LogP contribution in [-0.2, 0) is 0 Å². The second kappa shape index (κ2) is 8.35. The molecule has 3 aromatic heterocycles. The molecule has 4 aromatic rings. The van der Waals surface area contributed by atoms with E-state index >= 15 is 0 Å². The standard InChI is InChI=1S/C23H23ClFN7/c1-14-9-19(18-4-3-16(25)11-20(18)24)22-29-23(30-32(22)12-14)28-17-5-7-31(8-6-17)21-10-15(2)26-13-27-21/h3-4,9-13,17H,5-8H2,1-2H3,(H,28,30). The molecule has 0 radical (unpaired) electrons. The summed E-state index contributed by atoms with van der Waals surface area (Å²) in [5.74, 6) is 1.18. The topological polar surface area (TPSA) is 71.2 Å². The highest BCUT2D eigenvalue weighted by atomic mass is 35.5. The molecular weight excluding hydrogens is 429 g/mol. The minimum Gasteiger partial charge on any atom is -0.356 e. The minimum absolute atomic E-state index is 0.269. The Hall–Kier alpha value is -3.26. The lowest BCUT2D eigenvalue weighted by Gasteiger charge is -2.32. The van der Waals surface area contributed by atoms with Gasteiger partial charge in [0.2, 0.25) is 5.95 Å². The van der Waals surface area contributed by atoms with Crippen LogP contribution < -0.4 is 10.2 Å². The average molecular weight is 452 g/mol. The average Bonchev–Trinajstić information content (AvgIpc) is 3.16. The van der Waals surface area contributed by atoms with Crippen molar-refractivity contribution in [2.24, 2.45) is 0 Å². The summed E-state index contributed by atoms with van der Waals surface area (Å²) in [5, 5.41) is 8.46. The zero-order valence-corrected chi connectivity index (χ0v) is 18.6. The van der Waals surface area contributed by atoms with Gasteiger partial charge in [-0.25, -0.2) is 18.9 Å². The lowest BCUT2D eigenvalue weighted by Crippen LogP contribution is -2.39. The fraction of sp³-hybridized carbons (Fsp3) is 0.304. The van der Waals surface area contributed by atoms with Gasteiger partial charge in [0.15, 0.2) is 5.65 Å². The van der Waals surface area contributed by atoms with Gasteiger partial charge in [-0.2, -0.15) is 4.98 Å². The highest BCUT2D eigenvalue weighted by Crippen LogP contribution is 2.32. The number of nitrogens with one attached hydrogen (secondary N) is 1. The highest BCUT2D eigenvalue weighted by Gasteiger charge is 2.22. The molecule has 164 valence electrons. The van der Waals surface area contributed by atoms with E-state index in [0.29, 0.717) is 16.6 Å². The van der Waals surface area contributed by atoms with Gasteiger partial charge in [-0.3, -0.25) is 0 Å². The molecule has 0 unspecified atom stereocenters. The highest BCUT2D eigenvalue weighted by molar-refractivity contribution is 6.33. The third-order valence-corrected chi connectivity index (χ3v) is 6.05. The maximum absolute atomic E-state index is 13.5. The maximum atomic E-state index is 13.5. The summed E-state index contributed by atoms with van der Waals surface area (Å²) >= 11 is 6.33. The van der Waals surface area contributed by atoms with E-state index in [-0.39, 0.29) is 11.9 Å². The van der Waals surface area contributed by atoms with Gasteiger partial charge in [0.1, 0.15) is 18.0 Å². The van der Waals surface area contributed by atoms with Crippen molar-refractivity contribution in [3.63, 3.8) is 0 Å². The summed E-state index contributed by atoms with van der Waals surface area (Å²) in [7, 11) is 0. The zero-order valence-electron chi connectivity index (χ0n) is 17.9. The van der Waals surface area contributed by atoms with Crippen molar-refractivity contribution >= 4 is 29.0 Å². The first kappa shape index (κ1) is 20.6. The van der Waals surface area contributed by atoms with Crippen LogP contribution in [0.3, 0.4) is 0 Å². The Bertz CT molecular complexity index is 1280. The second-order valence-corrected chi connectivity index (χ2v) is 8.59. The zero-order chi connectivity index (χ0) is 22.2. The van der Waals surface area contributed by atoms with E-state index in [4.69, 9.17) is 16.6 Å². The lowest BCUT2D eigenvalue weighted by molar-refractivity contribution is 0.520. The largest absolute Gasteiger partial charge is 0.356 e. The minimum atomic E-state index is -0.366. The fourth-order valence-corrected chi connectivity index (χ4v) is 4.40. The van der Waals surface area contributed by atoms with E-state index in [9.17, 15) is 4.39 Å². The van der Waals surface area contributed by atoms with Gasteiger partial charge in [0.25, 0.3) is 0 Å². The molecule has 1 saturated heterocycles. The molecule has 32 heavy (non-hydrogen) atoms. The Balaban J connectivity index is 1.36. The molecule has 0 aliphatic carbocycles. The molecule has 1 N–H and O–H groups in total. The van der Waals surface area contributed by atoms with Crippen LogP contribution in [0.25, 0.3) is 16.8 Å². The van der Waals surface area contributed by atoms with E-state index in [2.05, 4.69) is 25.3 Å². The Labute approximate surface area is 190 Å². The van der Waals surface area contributed by atoms with Gasteiger partial charge < -0.3 is 10.2 Å². The third kappa shape index (κ3) is 4.10. The number of hydrogen-bond acceptors (Lipinski definition) is 6. The normalized spacial score (nSPS) is 14.8. The van der Waals surface area contributed by atoms with Gasteiger partial charge in [-0.05, 0) is 56.5 Å². The van der Waals surface area contributed by atoms with Crippen LogP contribution >= 0.6 is 11.6 Å². The van der Waals surface area contributed by atoms with Crippen LogP contribution in [0.1, 0.15) is 24.1 Å². The van der Waals surface area contributed by atoms with Gasteiger partial charge in [-0.1, -0.05) is 11.6 Å². The number of nitrogens with zero attached hydrogens (tertiary/aromatic N) is 6. The maximum Gasteiger partial charge on any atom is 0.243 e. The molecule has 0 spiro atoms. The van der Waals surface area contributed by atoms with E-state index in [1.165, 1.54) is 12.1 Å². The van der Waals surface area contributed by atoms with E-state index in [0.717, 1.165) is 54.1 Å². The first-order valence-electron chi connectivity index (χ1n) is 10.6. The number of piperidine rings is 1. The van der Waals surface area contributed by atoms with Crippen molar-refractivity contribution in [2.75, 3.05) is 23.3 Å². The SMILES string of the molecule is Cc1cc(-c2ccc(F)cc2Cl)c2nc(NC3CCN(c4cc(C)ncn4)CC3)nn2c1. The molecule has 5 rings (SSSR count). The van der Waals surface area contributed by atoms with Crippen LogP contribution in [0.2, 0.25) is 5.02 Å². The number of fused-ring (bicyclic) bond motifs is 1. The summed E-state index contributed by atoms with van der Waals surface area (Å²) in [5.41, 5.74) is 4.22. The van der Waals surface area contributed by atoms with Gasteiger partial charge in [-0.15, -0.1) is 5.10 Å². The van der Waals surface area contributed by atoms with Crippen molar-refractivity contribution in [3.8, 4) is 11.1 Å². The molecular formula is C23H23ClFN7. The number of pyridine rings is 1. The molecule has 1 aliphatic rings. The van der Waals surface area contributed by atoms with Crippen molar-refractivity contribution in [1.82, 2.24) is 24.6 Å². The molecule has 0 saturated carbocycles. The van der Waals surface area contributed by atoms with Crippen LogP contribution in [0, 0.1) is 19.7 Å². The number of aromatic nitrogens is 5. The number of rotatable bonds is 4. The summed E-state index contributed by atoms with van der Waals surface area (Å²) < 4.78 is 15.3. The molecule has 7 nitrogen and oxygen atoms in total. The number of anilines is 2. The molecule has 1 aliphatic heterocycles. The molecule has 1 aromatic carbocycles. The molecule has 0 atom stereocenters. The van der Waals surface area contributed by atoms with Crippen molar-refractivity contribution < 1.29 is 4.39 Å². The first-order chi connectivity index (χ1) is 15.5. The Morgan fingerprint density at radius 3 is 2.62 bits per heavy atom. The second-order valence-electron chi connectivity index (χ2n) is 8.18. The monoisotopic (exact) mass is 451 g/mol. The molecule has 0 bridgehead atoms. The Morgan fingerprint density at radius 2 is 1.88 bits per heavy atom. The van der Waals surface area contributed by atoms with Crippen LogP contribution in [0.4, 0.5) is 16.2 Å². The predicted molar refractivity (Wildman–Crippen MR) is 124 cm³/mol. The number of benzene rings is 1. The number of hydrogen-bond donors (Lipinski definition) is 1. The fourth-order valence-electron chi connectivity index (χ4n) is 4.14. The van der Waals surface area contributed by atoms with Crippen molar-refractivity contribution in [1.29, 1.82) is 0 Å².